The topological polar surface area (TPSA) is 47.0 Å². The highest BCUT2D eigenvalue weighted by molar-refractivity contribution is 5.34. The summed E-state index contributed by atoms with van der Waals surface area (Å²) in [6.45, 7) is 0.659. The van der Waals surface area contributed by atoms with Gasteiger partial charge in [-0.25, -0.2) is 14.4 Å². The van der Waals surface area contributed by atoms with E-state index in [-0.39, 0.29) is 0 Å². The van der Waals surface area contributed by atoms with E-state index < -0.39 is 5.82 Å². The smallest absolute Gasteiger partial charge is 0.222 e. The molecular formula is C13H14FN3O. The first kappa shape index (κ1) is 12.3. The Morgan fingerprint density at radius 2 is 1.94 bits per heavy atom. The van der Waals surface area contributed by atoms with Crippen molar-refractivity contribution in [2.24, 2.45) is 0 Å². The first-order valence-electron chi connectivity index (χ1n) is 5.63. The second kappa shape index (κ2) is 5.95. The number of hydrogen-bond donors (Lipinski definition) is 1. The number of benzene rings is 1. The molecule has 0 spiro atoms. The molecule has 5 heteroatoms. The van der Waals surface area contributed by atoms with Crippen LogP contribution in [-0.4, -0.2) is 23.6 Å². The summed E-state index contributed by atoms with van der Waals surface area (Å²) in [5.41, 5.74) is 1.11. The van der Waals surface area contributed by atoms with Gasteiger partial charge in [0, 0.05) is 6.54 Å². The summed E-state index contributed by atoms with van der Waals surface area (Å²) in [5.74, 6) is 0.843. The molecule has 0 saturated heterocycles. The zero-order valence-electron chi connectivity index (χ0n) is 10.1. The molecule has 0 bridgehead atoms. The standard InChI is InChI=1S/C13H14FN3O/c1-18-12-5-3-2-4-10(12)6-7-15-13-16-8-11(14)9-17-13/h2-5,8-9H,6-7H2,1H3,(H,15,16,17). The normalized spacial score (nSPS) is 10.1. The molecule has 0 radical (unpaired) electrons. The first-order valence-corrected chi connectivity index (χ1v) is 5.63. The lowest BCUT2D eigenvalue weighted by molar-refractivity contribution is 0.410. The van der Waals surface area contributed by atoms with Crippen LogP contribution in [0.4, 0.5) is 10.3 Å². The van der Waals surface area contributed by atoms with Crippen molar-refractivity contribution < 1.29 is 9.13 Å². The molecule has 2 rings (SSSR count). The van der Waals surface area contributed by atoms with E-state index in [1.165, 1.54) is 0 Å². The molecule has 0 aliphatic rings. The predicted octanol–water partition coefficient (Wildman–Crippen LogP) is 2.28. The maximum absolute atomic E-state index is 12.6. The minimum Gasteiger partial charge on any atom is -0.496 e. The fraction of sp³-hybridized carbons (Fsp3) is 0.231. The average Bonchev–Trinajstić information content (AvgIpc) is 2.41. The fourth-order valence-electron chi connectivity index (χ4n) is 1.62. The highest BCUT2D eigenvalue weighted by Gasteiger charge is 2.02. The van der Waals surface area contributed by atoms with Crippen molar-refractivity contribution >= 4 is 5.95 Å². The maximum atomic E-state index is 12.6. The molecule has 1 aromatic carbocycles. The molecule has 0 aliphatic heterocycles. The zero-order valence-corrected chi connectivity index (χ0v) is 10.1. The van der Waals surface area contributed by atoms with Gasteiger partial charge in [0.15, 0.2) is 5.82 Å². The third-order valence-corrected chi connectivity index (χ3v) is 2.49. The lowest BCUT2D eigenvalue weighted by Gasteiger charge is -2.08. The molecular weight excluding hydrogens is 233 g/mol. The highest BCUT2D eigenvalue weighted by atomic mass is 19.1. The molecule has 0 unspecified atom stereocenters. The molecule has 1 N–H and O–H groups in total. The summed E-state index contributed by atoms with van der Waals surface area (Å²) in [6.07, 6.45) is 3.06. The molecule has 2 aromatic rings. The van der Waals surface area contributed by atoms with Crippen LogP contribution in [0.15, 0.2) is 36.7 Å². The molecule has 0 fully saturated rings. The van der Waals surface area contributed by atoms with Crippen molar-refractivity contribution in [1.29, 1.82) is 0 Å². The van der Waals surface area contributed by atoms with Gasteiger partial charge >= 0.3 is 0 Å². The van der Waals surface area contributed by atoms with E-state index >= 15 is 0 Å². The van der Waals surface area contributed by atoms with Gasteiger partial charge < -0.3 is 10.1 Å². The summed E-state index contributed by atoms with van der Waals surface area (Å²) in [4.78, 5) is 7.65. The van der Waals surface area contributed by atoms with Crippen LogP contribution in [0.2, 0.25) is 0 Å². The summed E-state index contributed by atoms with van der Waals surface area (Å²) < 4.78 is 17.9. The minimum absolute atomic E-state index is 0.422. The third kappa shape index (κ3) is 3.16. The second-order valence-electron chi connectivity index (χ2n) is 3.71. The summed E-state index contributed by atoms with van der Waals surface area (Å²) in [6, 6.07) is 7.82. The van der Waals surface area contributed by atoms with Gasteiger partial charge in [-0.1, -0.05) is 18.2 Å². The SMILES string of the molecule is COc1ccccc1CCNc1ncc(F)cn1. The van der Waals surface area contributed by atoms with Crippen molar-refractivity contribution in [3.8, 4) is 5.75 Å². The van der Waals surface area contributed by atoms with Gasteiger partial charge in [0.1, 0.15) is 5.75 Å². The van der Waals surface area contributed by atoms with Crippen molar-refractivity contribution in [3.05, 3.63) is 48.0 Å². The van der Waals surface area contributed by atoms with Crippen LogP contribution < -0.4 is 10.1 Å². The minimum atomic E-state index is -0.440. The number of hydrogen-bond acceptors (Lipinski definition) is 4. The predicted molar refractivity (Wildman–Crippen MR) is 67.2 cm³/mol. The van der Waals surface area contributed by atoms with Crippen LogP contribution in [0, 0.1) is 5.82 Å². The van der Waals surface area contributed by atoms with Gasteiger partial charge in [-0.2, -0.15) is 0 Å². The molecule has 1 heterocycles. The van der Waals surface area contributed by atoms with E-state index in [4.69, 9.17) is 4.74 Å². The Morgan fingerprint density at radius 3 is 2.67 bits per heavy atom. The van der Waals surface area contributed by atoms with E-state index in [1.54, 1.807) is 7.11 Å². The Labute approximate surface area is 105 Å². The number of aromatic nitrogens is 2. The lowest BCUT2D eigenvalue weighted by Crippen LogP contribution is -2.08. The number of nitrogens with zero attached hydrogens (tertiary/aromatic N) is 2. The zero-order chi connectivity index (χ0) is 12.8. The van der Waals surface area contributed by atoms with Crippen molar-refractivity contribution in [2.75, 3.05) is 19.0 Å². The second-order valence-corrected chi connectivity index (χ2v) is 3.71. The summed E-state index contributed by atoms with van der Waals surface area (Å²) in [5, 5.41) is 3.03. The van der Waals surface area contributed by atoms with Crippen molar-refractivity contribution in [3.63, 3.8) is 0 Å². The Balaban J connectivity index is 1.90. The molecule has 0 aliphatic carbocycles. The number of nitrogens with one attached hydrogen (secondary N) is 1. The number of para-hydroxylation sites is 1. The average molecular weight is 247 g/mol. The Bertz CT molecular complexity index is 502. The van der Waals surface area contributed by atoms with E-state index in [2.05, 4.69) is 15.3 Å². The molecule has 0 saturated carbocycles. The van der Waals surface area contributed by atoms with Gasteiger partial charge in [-0.05, 0) is 18.1 Å². The highest BCUT2D eigenvalue weighted by Crippen LogP contribution is 2.17. The van der Waals surface area contributed by atoms with Crippen LogP contribution in [0.5, 0.6) is 5.75 Å². The monoisotopic (exact) mass is 247 g/mol. The van der Waals surface area contributed by atoms with Gasteiger partial charge in [0.25, 0.3) is 0 Å². The molecule has 94 valence electrons. The van der Waals surface area contributed by atoms with Gasteiger partial charge in [-0.15, -0.1) is 0 Å². The van der Waals surface area contributed by atoms with E-state index in [1.807, 2.05) is 24.3 Å². The largest absolute Gasteiger partial charge is 0.496 e. The van der Waals surface area contributed by atoms with Crippen LogP contribution in [-0.2, 0) is 6.42 Å². The van der Waals surface area contributed by atoms with Crippen LogP contribution in [0.1, 0.15) is 5.56 Å². The summed E-state index contributed by atoms with van der Waals surface area (Å²) >= 11 is 0. The third-order valence-electron chi connectivity index (χ3n) is 2.49. The van der Waals surface area contributed by atoms with Gasteiger partial charge in [0.05, 0.1) is 19.5 Å². The molecule has 0 amide bonds. The van der Waals surface area contributed by atoms with Crippen LogP contribution >= 0.6 is 0 Å². The molecule has 4 nitrogen and oxygen atoms in total. The number of methoxy groups -OCH3 is 1. The number of halogens is 1. The number of ether oxygens (including phenoxy) is 1. The van der Waals surface area contributed by atoms with Gasteiger partial charge in [-0.3, -0.25) is 0 Å². The van der Waals surface area contributed by atoms with E-state index in [0.717, 1.165) is 30.1 Å². The fourth-order valence-corrected chi connectivity index (χ4v) is 1.62. The molecule has 18 heavy (non-hydrogen) atoms. The quantitative estimate of drug-likeness (QED) is 0.880. The Hall–Kier alpha value is -2.17. The van der Waals surface area contributed by atoms with E-state index in [9.17, 15) is 4.39 Å². The lowest BCUT2D eigenvalue weighted by atomic mass is 10.1. The number of anilines is 1. The molecule has 1 aromatic heterocycles. The summed E-state index contributed by atoms with van der Waals surface area (Å²) in [7, 11) is 1.65. The maximum Gasteiger partial charge on any atom is 0.222 e. The Kier molecular flexibility index (Phi) is 4.06. The molecule has 0 atom stereocenters. The van der Waals surface area contributed by atoms with Gasteiger partial charge in [0.2, 0.25) is 5.95 Å². The first-order chi connectivity index (χ1) is 8.79. The number of rotatable bonds is 5. The van der Waals surface area contributed by atoms with E-state index in [0.29, 0.717) is 12.5 Å². The van der Waals surface area contributed by atoms with Crippen molar-refractivity contribution in [1.82, 2.24) is 9.97 Å². The van der Waals surface area contributed by atoms with Crippen LogP contribution in [0.25, 0.3) is 0 Å². The van der Waals surface area contributed by atoms with Crippen molar-refractivity contribution in [2.45, 2.75) is 6.42 Å². The van der Waals surface area contributed by atoms with Crippen LogP contribution in [0.3, 0.4) is 0 Å². The Morgan fingerprint density at radius 1 is 1.22 bits per heavy atom.